The fourth-order valence-corrected chi connectivity index (χ4v) is 3.01. The third kappa shape index (κ3) is 9.15. The van der Waals surface area contributed by atoms with Crippen LogP contribution in [0.4, 0.5) is 24.5 Å². The third-order valence-corrected chi connectivity index (χ3v) is 4.76. The molecule has 0 heterocycles. The van der Waals surface area contributed by atoms with Crippen LogP contribution in [0.2, 0.25) is 0 Å². The maximum absolute atomic E-state index is 12.2. The quantitative estimate of drug-likeness (QED) is 0.313. The van der Waals surface area contributed by atoms with Gasteiger partial charge in [0.05, 0.1) is 26.0 Å². The molecule has 2 aromatic rings. The van der Waals surface area contributed by atoms with Crippen LogP contribution in [-0.4, -0.2) is 44.2 Å². The number of hydrogen-bond acceptors (Lipinski definition) is 8. The lowest BCUT2D eigenvalue weighted by Gasteiger charge is -2.10. The molecule has 8 nitrogen and oxygen atoms in total. The molecular weight excluding hydrogens is 465 g/mol. The molecule has 2 rings (SSSR count). The van der Waals surface area contributed by atoms with Crippen molar-refractivity contribution in [1.29, 1.82) is 0 Å². The van der Waals surface area contributed by atoms with E-state index in [1.165, 1.54) is 38.1 Å². The maximum Gasteiger partial charge on any atom is 0.573 e. The molecule has 33 heavy (non-hydrogen) atoms. The van der Waals surface area contributed by atoms with Gasteiger partial charge in [0.2, 0.25) is 5.91 Å². The number of esters is 2. The number of amides is 1. The maximum atomic E-state index is 12.2. The number of anilines is 2. The van der Waals surface area contributed by atoms with Crippen LogP contribution in [0.25, 0.3) is 0 Å². The van der Waals surface area contributed by atoms with E-state index in [0.717, 1.165) is 23.1 Å². The molecule has 0 fully saturated rings. The Labute approximate surface area is 191 Å². The number of ether oxygens (including phenoxy) is 3. The topological polar surface area (TPSA) is 103 Å². The van der Waals surface area contributed by atoms with Crippen LogP contribution >= 0.6 is 11.8 Å². The van der Waals surface area contributed by atoms with Gasteiger partial charge < -0.3 is 24.8 Å². The summed E-state index contributed by atoms with van der Waals surface area (Å²) in [5.74, 6) is -2.19. The third-order valence-electron chi connectivity index (χ3n) is 3.74. The van der Waals surface area contributed by atoms with Crippen molar-refractivity contribution < 1.29 is 41.8 Å². The lowest BCUT2D eigenvalue weighted by Crippen LogP contribution is -2.17. The van der Waals surface area contributed by atoms with Gasteiger partial charge in [0, 0.05) is 16.3 Å². The summed E-state index contributed by atoms with van der Waals surface area (Å²) in [6, 6.07) is 11.4. The summed E-state index contributed by atoms with van der Waals surface area (Å²) in [6.45, 7) is 0. The number of benzene rings is 2. The van der Waals surface area contributed by atoms with Gasteiger partial charge in [-0.25, -0.2) is 9.59 Å². The smallest absolute Gasteiger partial charge is 0.466 e. The molecule has 0 saturated carbocycles. The van der Waals surface area contributed by atoms with Crippen molar-refractivity contribution in [2.75, 3.05) is 30.6 Å². The van der Waals surface area contributed by atoms with Gasteiger partial charge in [0.15, 0.2) is 0 Å². The Morgan fingerprint density at radius 2 is 1.48 bits per heavy atom. The second-order valence-corrected chi connectivity index (χ2v) is 7.18. The van der Waals surface area contributed by atoms with E-state index in [2.05, 4.69) is 24.8 Å². The van der Waals surface area contributed by atoms with Crippen LogP contribution in [-0.2, 0) is 23.9 Å². The molecule has 0 unspecified atom stereocenters. The first kappa shape index (κ1) is 25.6. The molecule has 0 aliphatic carbocycles. The monoisotopic (exact) mass is 484 g/mol. The number of alkyl halides is 3. The number of thioether (sulfide) groups is 1. The Bertz CT molecular complexity index is 1010. The van der Waals surface area contributed by atoms with Gasteiger partial charge in [-0.15, -0.1) is 24.9 Å². The van der Waals surface area contributed by atoms with E-state index in [9.17, 15) is 27.6 Å². The molecule has 12 heteroatoms. The van der Waals surface area contributed by atoms with Crippen molar-refractivity contribution in [2.24, 2.45) is 0 Å². The van der Waals surface area contributed by atoms with Crippen molar-refractivity contribution in [3.8, 4) is 5.75 Å². The number of methoxy groups -OCH3 is 2. The Morgan fingerprint density at radius 3 is 2.03 bits per heavy atom. The summed E-state index contributed by atoms with van der Waals surface area (Å²) in [5, 5.41) is 5.33. The highest BCUT2D eigenvalue weighted by Crippen LogP contribution is 2.25. The lowest BCUT2D eigenvalue weighted by molar-refractivity contribution is -0.274. The summed E-state index contributed by atoms with van der Waals surface area (Å²) in [5.41, 5.74) is 0.698. The van der Waals surface area contributed by atoms with E-state index in [4.69, 9.17) is 0 Å². The standard InChI is InChI=1S/C21H19F3N2O6S/c1-30-19(28)11-17(20(29)31-2)25-13-5-9-16(10-6-13)33-12-18(27)26-14-3-7-15(8-4-14)32-21(22,23)24/h3-11,25H,12H2,1-2H3,(H,26,27)/b17-11+. The Hall–Kier alpha value is -3.67. The average Bonchev–Trinajstić information content (AvgIpc) is 2.77. The zero-order valence-electron chi connectivity index (χ0n) is 17.4. The number of carbonyl (C=O) groups is 3. The number of rotatable bonds is 9. The molecule has 2 N–H and O–H groups in total. The Balaban J connectivity index is 1.89. The van der Waals surface area contributed by atoms with E-state index >= 15 is 0 Å². The number of carbonyl (C=O) groups excluding carboxylic acids is 3. The van der Waals surface area contributed by atoms with Crippen LogP contribution in [0.15, 0.2) is 65.2 Å². The minimum atomic E-state index is -4.79. The molecule has 0 atom stereocenters. The van der Waals surface area contributed by atoms with Gasteiger partial charge >= 0.3 is 18.3 Å². The van der Waals surface area contributed by atoms with Crippen LogP contribution in [0, 0.1) is 0 Å². The van der Waals surface area contributed by atoms with Gasteiger partial charge in [-0.05, 0) is 48.5 Å². The van der Waals surface area contributed by atoms with Crippen molar-refractivity contribution in [2.45, 2.75) is 11.3 Å². The van der Waals surface area contributed by atoms with Crippen LogP contribution in [0.1, 0.15) is 0 Å². The summed E-state index contributed by atoms with van der Waals surface area (Å²) in [7, 11) is 2.35. The molecule has 0 bridgehead atoms. The summed E-state index contributed by atoms with van der Waals surface area (Å²) in [6.07, 6.45) is -3.83. The minimum absolute atomic E-state index is 0.0449. The lowest BCUT2D eigenvalue weighted by atomic mass is 10.3. The van der Waals surface area contributed by atoms with Gasteiger partial charge in [-0.1, -0.05) is 0 Å². The van der Waals surface area contributed by atoms with E-state index in [1.807, 2.05) is 0 Å². The van der Waals surface area contributed by atoms with Crippen molar-refractivity contribution in [3.63, 3.8) is 0 Å². The normalized spacial score (nSPS) is 11.4. The number of hydrogen-bond donors (Lipinski definition) is 2. The molecule has 176 valence electrons. The summed E-state index contributed by atoms with van der Waals surface area (Å²) in [4.78, 5) is 36.0. The van der Waals surface area contributed by atoms with E-state index in [1.54, 1.807) is 24.3 Å². The van der Waals surface area contributed by atoms with E-state index in [0.29, 0.717) is 11.4 Å². The van der Waals surface area contributed by atoms with Gasteiger partial charge in [-0.3, -0.25) is 4.79 Å². The molecule has 0 aliphatic heterocycles. The van der Waals surface area contributed by atoms with E-state index in [-0.39, 0.29) is 23.1 Å². The zero-order chi connectivity index (χ0) is 24.4. The molecule has 0 radical (unpaired) electrons. The summed E-state index contributed by atoms with van der Waals surface area (Å²) < 4.78 is 49.4. The first-order valence-corrected chi connectivity index (χ1v) is 10.1. The largest absolute Gasteiger partial charge is 0.573 e. The predicted octanol–water partition coefficient (Wildman–Crippen LogP) is 3.96. The molecule has 0 spiro atoms. The molecule has 0 aromatic heterocycles. The average molecular weight is 484 g/mol. The molecule has 0 aliphatic rings. The van der Waals surface area contributed by atoms with Crippen molar-refractivity contribution in [1.82, 2.24) is 0 Å². The first-order chi connectivity index (χ1) is 15.6. The van der Waals surface area contributed by atoms with Gasteiger partial charge in [0.25, 0.3) is 0 Å². The van der Waals surface area contributed by atoms with Gasteiger partial charge in [0.1, 0.15) is 11.4 Å². The highest BCUT2D eigenvalue weighted by Gasteiger charge is 2.30. The molecule has 1 amide bonds. The number of nitrogens with one attached hydrogen (secondary N) is 2. The fourth-order valence-electron chi connectivity index (χ4n) is 2.31. The van der Waals surface area contributed by atoms with Crippen LogP contribution < -0.4 is 15.4 Å². The van der Waals surface area contributed by atoms with Crippen LogP contribution in [0.5, 0.6) is 5.75 Å². The number of halogens is 3. The van der Waals surface area contributed by atoms with Crippen molar-refractivity contribution in [3.05, 3.63) is 60.3 Å². The Morgan fingerprint density at radius 1 is 0.909 bits per heavy atom. The van der Waals surface area contributed by atoms with Crippen LogP contribution in [0.3, 0.4) is 0 Å². The Kier molecular flexibility index (Phi) is 9.16. The van der Waals surface area contributed by atoms with Gasteiger partial charge in [-0.2, -0.15) is 0 Å². The fraction of sp³-hybridized carbons (Fsp3) is 0.190. The van der Waals surface area contributed by atoms with E-state index < -0.39 is 18.3 Å². The SMILES string of the molecule is COC(=O)/C=C(/Nc1ccc(SCC(=O)Nc2ccc(OC(F)(F)F)cc2)cc1)C(=O)OC. The zero-order valence-corrected chi connectivity index (χ0v) is 18.2. The second kappa shape index (κ2) is 11.8. The summed E-state index contributed by atoms with van der Waals surface area (Å²) >= 11 is 1.22. The predicted molar refractivity (Wildman–Crippen MR) is 115 cm³/mol. The molecular formula is C21H19F3N2O6S. The highest BCUT2D eigenvalue weighted by atomic mass is 32.2. The molecule has 0 saturated heterocycles. The highest BCUT2D eigenvalue weighted by molar-refractivity contribution is 8.00. The second-order valence-electron chi connectivity index (χ2n) is 6.13. The molecule has 2 aromatic carbocycles. The van der Waals surface area contributed by atoms with Crippen molar-refractivity contribution >= 4 is 41.0 Å². The first-order valence-electron chi connectivity index (χ1n) is 9.13. The minimum Gasteiger partial charge on any atom is -0.466 e.